The van der Waals surface area contributed by atoms with Gasteiger partial charge in [-0.3, -0.25) is 0 Å². The second-order valence-electron chi connectivity index (χ2n) is 6.73. The molecule has 0 spiro atoms. The SMILES string of the molecule is CSc1ccc(OCCC2CC2C2CCN(C)CC2)cc1F. The quantitative estimate of drug-likeness (QED) is 0.725. The second-order valence-corrected chi connectivity index (χ2v) is 7.58. The summed E-state index contributed by atoms with van der Waals surface area (Å²) in [6.07, 6.45) is 7.09. The van der Waals surface area contributed by atoms with Crippen molar-refractivity contribution in [3.63, 3.8) is 0 Å². The van der Waals surface area contributed by atoms with E-state index in [1.807, 2.05) is 12.3 Å². The molecule has 2 atom stereocenters. The van der Waals surface area contributed by atoms with Gasteiger partial charge in [0, 0.05) is 11.0 Å². The highest BCUT2D eigenvalue weighted by Gasteiger charge is 2.42. The lowest BCUT2D eigenvalue weighted by Crippen LogP contribution is -2.31. The Hall–Kier alpha value is -0.740. The van der Waals surface area contributed by atoms with Crippen molar-refractivity contribution < 1.29 is 9.13 Å². The monoisotopic (exact) mass is 323 g/mol. The maximum absolute atomic E-state index is 13.7. The zero-order valence-electron chi connectivity index (χ0n) is 13.6. The number of rotatable bonds is 6. The minimum Gasteiger partial charge on any atom is -0.493 e. The summed E-state index contributed by atoms with van der Waals surface area (Å²) >= 11 is 1.43. The summed E-state index contributed by atoms with van der Waals surface area (Å²) in [6.45, 7) is 3.22. The Balaban J connectivity index is 1.38. The third kappa shape index (κ3) is 3.96. The molecule has 2 nitrogen and oxygen atoms in total. The molecule has 1 aliphatic carbocycles. The van der Waals surface area contributed by atoms with Crippen LogP contribution in [-0.4, -0.2) is 37.9 Å². The van der Waals surface area contributed by atoms with Crippen molar-refractivity contribution in [2.45, 2.75) is 30.6 Å². The number of ether oxygens (including phenoxy) is 1. The Labute approximate surface area is 137 Å². The summed E-state index contributed by atoms with van der Waals surface area (Å²) in [6, 6.07) is 5.18. The molecule has 2 fully saturated rings. The first-order valence-corrected chi connectivity index (χ1v) is 9.54. The van der Waals surface area contributed by atoms with Crippen molar-refractivity contribution >= 4 is 11.8 Å². The van der Waals surface area contributed by atoms with E-state index in [9.17, 15) is 4.39 Å². The molecule has 1 aliphatic heterocycles. The van der Waals surface area contributed by atoms with Crippen LogP contribution in [-0.2, 0) is 0 Å². The van der Waals surface area contributed by atoms with Crippen LogP contribution in [0.4, 0.5) is 4.39 Å². The van der Waals surface area contributed by atoms with Gasteiger partial charge in [-0.2, -0.15) is 0 Å². The molecule has 22 heavy (non-hydrogen) atoms. The Morgan fingerprint density at radius 1 is 1.32 bits per heavy atom. The van der Waals surface area contributed by atoms with Crippen LogP contribution < -0.4 is 4.74 Å². The molecule has 122 valence electrons. The first-order chi connectivity index (χ1) is 10.7. The summed E-state index contributed by atoms with van der Waals surface area (Å²) < 4.78 is 19.4. The molecule has 1 saturated heterocycles. The van der Waals surface area contributed by atoms with Crippen molar-refractivity contribution in [1.82, 2.24) is 4.90 Å². The molecular formula is C18H26FNOS. The fourth-order valence-corrected chi connectivity index (χ4v) is 4.16. The Bertz CT molecular complexity index is 502. The molecule has 1 heterocycles. The Kier molecular flexibility index (Phi) is 5.29. The second kappa shape index (κ2) is 7.22. The van der Waals surface area contributed by atoms with Gasteiger partial charge in [-0.15, -0.1) is 11.8 Å². The maximum Gasteiger partial charge on any atom is 0.140 e. The van der Waals surface area contributed by atoms with E-state index in [1.54, 1.807) is 6.07 Å². The Morgan fingerprint density at radius 3 is 2.77 bits per heavy atom. The van der Waals surface area contributed by atoms with E-state index in [4.69, 9.17) is 4.74 Å². The topological polar surface area (TPSA) is 12.5 Å². The number of halogens is 1. The van der Waals surface area contributed by atoms with E-state index >= 15 is 0 Å². The molecule has 1 aromatic rings. The van der Waals surface area contributed by atoms with Crippen LogP contribution in [0.3, 0.4) is 0 Å². The van der Waals surface area contributed by atoms with Crippen LogP contribution in [0.15, 0.2) is 23.1 Å². The van der Waals surface area contributed by atoms with E-state index in [1.165, 1.54) is 50.2 Å². The number of hydrogen-bond acceptors (Lipinski definition) is 3. The van der Waals surface area contributed by atoms with Crippen LogP contribution in [0.1, 0.15) is 25.7 Å². The van der Waals surface area contributed by atoms with Gasteiger partial charge in [0.15, 0.2) is 0 Å². The summed E-state index contributed by atoms with van der Waals surface area (Å²) in [5.41, 5.74) is 0. The van der Waals surface area contributed by atoms with Gasteiger partial charge in [0.2, 0.25) is 0 Å². The molecule has 4 heteroatoms. The van der Waals surface area contributed by atoms with Gasteiger partial charge in [-0.05, 0) is 82.0 Å². The highest BCUT2D eigenvalue weighted by molar-refractivity contribution is 7.98. The molecule has 3 rings (SSSR count). The van der Waals surface area contributed by atoms with Gasteiger partial charge in [0.1, 0.15) is 11.6 Å². The van der Waals surface area contributed by atoms with Crippen LogP contribution in [0.2, 0.25) is 0 Å². The molecule has 0 amide bonds. The first-order valence-electron chi connectivity index (χ1n) is 8.32. The molecule has 0 bridgehead atoms. The number of thioether (sulfide) groups is 1. The number of nitrogens with zero attached hydrogens (tertiary/aromatic N) is 1. The lowest BCUT2D eigenvalue weighted by molar-refractivity contribution is 0.196. The average Bonchev–Trinajstić information content (AvgIpc) is 3.28. The van der Waals surface area contributed by atoms with Gasteiger partial charge in [-0.25, -0.2) is 4.39 Å². The standard InChI is InChI=1S/C18H26FNOS/c1-20-8-5-13(6-9-20)16-11-14(16)7-10-21-15-3-4-18(22-2)17(19)12-15/h3-4,12-14,16H,5-11H2,1-2H3. The highest BCUT2D eigenvalue weighted by atomic mass is 32.2. The number of benzene rings is 1. The Morgan fingerprint density at radius 2 is 2.09 bits per heavy atom. The smallest absolute Gasteiger partial charge is 0.140 e. The van der Waals surface area contributed by atoms with Gasteiger partial charge in [-0.1, -0.05) is 0 Å². The first kappa shape index (κ1) is 16.1. The molecule has 0 radical (unpaired) electrons. The minimum atomic E-state index is -0.180. The summed E-state index contributed by atoms with van der Waals surface area (Å²) in [4.78, 5) is 3.11. The normalized spacial score (nSPS) is 26.1. The molecule has 0 aromatic heterocycles. The lowest BCUT2D eigenvalue weighted by Gasteiger charge is -2.29. The van der Waals surface area contributed by atoms with E-state index in [0.29, 0.717) is 17.3 Å². The van der Waals surface area contributed by atoms with Crippen molar-refractivity contribution in [2.75, 3.05) is 33.0 Å². The van der Waals surface area contributed by atoms with Crippen molar-refractivity contribution in [2.24, 2.45) is 17.8 Å². The van der Waals surface area contributed by atoms with Gasteiger partial charge >= 0.3 is 0 Å². The predicted octanol–water partition coefficient (Wildman–Crippen LogP) is 4.29. The third-order valence-corrected chi connectivity index (χ3v) is 6.00. The molecule has 2 aliphatic rings. The summed E-state index contributed by atoms with van der Waals surface area (Å²) in [7, 11) is 2.22. The largest absolute Gasteiger partial charge is 0.493 e. The molecule has 1 aromatic carbocycles. The van der Waals surface area contributed by atoms with Crippen LogP contribution in [0.25, 0.3) is 0 Å². The number of likely N-dealkylation sites (tertiary alicyclic amines) is 1. The van der Waals surface area contributed by atoms with Gasteiger partial charge < -0.3 is 9.64 Å². The zero-order chi connectivity index (χ0) is 15.5. The number of hydrogen-bond donors (Lipinski definition) is 0. The van der Waals surface area contributed by atoms with Crippen LogP contribution in [0, 0.1) is 23.6 Å². The molecule has 0 N–H and O–H groups in total. The van der Waals surface area contributed by atoms with Gasteiger partial charge in [0.05, 0.1) is 6.61 Å². The fraction of sp³-hybridized carbons (Fsp3) is 0.667. The van der Waals surface area contributed by atoms with Crippen molar-refractivity contribution in [1.29, 1.82) is 0 Å². The number of piperidine rings is 1. The van der Waals surface area contributed by atoms with Gasteiger partial charge in [0.25, 0.3) is 0 Å². The zero-order valence-corrected chi connectivity index (χ0v) is 14.4. The summed E-state index contributed by atoms with van der Waals surface area (Å²) in [5.74, 6) is 3.17. The molecular weight excluding hydrogens is 297 g/mol. The third-order valence-electron chi connectivity index (χ3n) is 5.23. The minimum absolute atomic E-state index is 0.180. The van der Waals surface area contributed by atoms with E-state index in [2.05, 4.69) is 11.9 Å². The summed E-state index contributed by atoms with van der Waals surface area (Å²) in [5, 5.41) is 0. The highest BCUT2D eigenvalue weighted by Crippen LogP contribution is 2.49. The van der Waals surface area contributed by atoms with E-state index in [0.717, 1.165) is 24.2 Å². The maximum atomic E-state index is 13.7. The van der Waals surface area contributed by atoms with Crippen molar-refractivity contribution in [3.8, 4) is 5.75 Å². The lowest BCUT2D eigenvalue weighted by atomic mass is 9.91. The molecule has 2 unspecified atom stereocenters. The predicted molar refractivity (Wildman–Crippen MR) is 90.1 cm³/mol. The van der Waals surface area contributed by atoms with E-state index < -0.39 is 0 Å². The fourth-order valence-electron chi connectivity index (χ4n) is 3.70. The molecule has 1 saturated carbocycles. The van der Waals surface area contributed by atoms with Crippen LogP contribution >= 0.6 is 11.8 Å². The van der Waals surface area contributed by atoms with Crippen molar-refractivity contribution in [3.05, 3.63) is 24.0 Å². The van der Waals surface area contributed by atoms with E-state index in [-0.39, 0.29) is 5.82 Å². The average molecular weight is 323 g/mol. The van der Waals surface area contributed by atoms with Crippen LogP contribution in [0.5, 0.6) is 5.75 Å².